The third kappa shape index (κ3) is 2.54. The van der Waals surface area contributed by atoms with E-state index in [4.69, 9.17) is 4.74 Å². The molecule has 0 fully saturated rings. The summed E-state index contributed by atoms with van der Waals surface area (Å²) in [5.74, 6) is 0.535. The maximum Gasteiger partial charge on any atom is 0.315 e. The summed E-state index contributed by atoms with van der Waals surface area (Å²) in [6.07, 6.45) is 1.43. The van der Waals surface area contributed by atoms with E-state index in [0.29, 0.717) is 5.75 Å². The normalized spacial score (nSPS) is 9.83. The number of anilines is 2. The summed E-state index contributed by atoms with van der Waals surface area (Å²) >= 11 is 0. The lowest BCUT2D eigenvalue weighted by molar-refractivity contribution is -0.384. The van der Waals surface area contributed by atoms with Crippen LogP contribution in [0.5, 0.6) is 5.75 Å². The van der Waals surface area contributed by atoms with Crippen LogP contribution >= 0.6 is 0 Å². The van der Waals surface area contributed by atoms with Crippen molar-refractivity contribution in [1.29, 1.82) is 0 Å². The number of ether oxygens (including phenoxy) is 1. The van der Waals surface area contributed by atoms with E-state index < -0.39 is 4.92 Å². The number of hydrogen-bond acceptors (Lipinski definition) is 5. The Hall–Kier alpha value is -2.63. The van der Waals surface area contributed by atoms with Gasteiger partial charge in [-0.2, -0.15) is 0 Å². The number of benzene rings is 1. The second-order valence-electron chi connectivity index (χ2n) is 3.49. The summed E-state index contributed by atoms with van der Waals surface area (Å²) in [6.45, 7) is 0. The number of pyridine rings is 1. The summed E-state index contributed by atoms with van der Waals surface area (Å²) in [7, 11) is 1.44. The SMILES string of the molecule is COc1cnc(Nc2ccccc2)c([N+](=O)[O-])c1. The summed E-state index contributed by atoms with van der Waals surface area (Å²) in [4.78, 5) is 14.4. The fourth-order valence-corrected chi connectivity index (χ4v) is 1.44. The zero-order valence-electron chi connectivity index (χ0n) is 9.66. The van der Waals surface area contributed by atoms with Crippen molar-refractivity contribution >= 4 is 17.2 Å². The molecule has 0 radical (unpaired) electrons. The topological polar surface area (TPSA) is 77.3 Å². The van der Waals surface area contributed by atoms with Gasteiger partial charge in [0.05, 0.1) is 24.3 Å². The lowest BCUT2D eigenvalue weighted by Gasteiger charge is -2.07. The third-order valence-electron chi connectivity index (χ3n) is 2.31. The minimum Gasteiger partial charge on any atom is -0.495 e. The number of para-hydroxylation sites is 1. The molecule has 2 rings (SSSR count). The van der Waals surface area contributed by atoms with E-state index in [1.807, 2.05) is 18.2 Å². The molecule has 2 aromatic rings. The molecule has 18 heavy (non-hydrogen) atoms. The Labute approximate surface area is 103 Å². The van der Waals surface area contributed by atoms with Crippen molar-refractivity contribution in [2.24, 2.45) is 0 Å². The van der Waals surface area contributed by atoms with Crippen LogP contribution in [0.25, 0.3) is 0 Å². The van der Waals surface area contributed by atoms with Gasteiger partial charge >= 0.3 is 5.69 Å². The first-order valence-electron chi connectivity index (χ1n) is 5.21. The standard InChI is InChI=1S/C12H11N3O3/c1-18-10-7-11(15(16)17)12(13-8-10)14-9-5-3-2-4-6-9/h2-8H,1H3,(H,13,14). The minimum absolute atomic E-state index is 0.127. The van der Waals surface area contributed by atoms with E-state index in [2.05, 4.69) is 10.3 Å². The van der Waals surface area contributed by atoms with Gasteiger partial charge in [-0.15, -0.1) is 0 Å². The van der Waals surface area contributed by atoms with Crippen LogP contribution in [0.4, 0.5) is 17.2 Å². The van der Waals surface area contributed by atoms with Crippen LogP contribution in [0.15, 0.2) is 42.6 Å². The first kappa shape index (κ1) is 11.8. The van der Waals surface area contributed by atoms with Crippen molar-refractivity contribution in [3.63, 3.8) is 0 Å². The molecule has 0 saturated heterocycles. The van der Waals surface area contributed by atoms with Gasteiger partial charge < -0.3 is 10.1 Å². The molecule has 6 nitrogen and oxygen atoms in total. The average molecular weight is 245 g/mol. The van der Waals surface area contributed by atoms with Crippen molar-refractivity contribution < 1.29 is 9.66 Å². The van der Waals surface area contributed by atoms with Crippen LogP contribution in [-0.4, -0.2) is 17.0 Å². The van der Waals surface area contributed by atoms with Gasteiger partial charge in [-0.05, 0) is 12.1 Å². The van der Waals surface area contributed by atoms with Crippen molar-refractivity contribution in [2.45, 2.75) is 0 Å². The summed E-state index contributed by atoms with van der Waals surface area (Å²) in [5, 5.41) is 13.8. The summed E-state index contributed by atoms with van der Waals surface area (Å²) in [5.41, 5.74) is 0.608. The Bertz CT molecular complexity index is 558. The molecule has 0 amide bonds. The summed E-state index contributed by atoms with van der Waals surface area (Å²) in [6, 6.07) is 10.5. The number of rotatable bonds is 4. The Morgan fingerprint density at radius 2 is 2.06 bits per heavy atom. The Morgan fingerprint density at radius 1 is 1.33 bits per heavy atom. The molecule has 92 valence electrons. The monoisotopic (exact) mass is 245 g/mol. The van der Waals surface area contributed by atoms with Gasteiger partial charge in [0.1, 0.15) is 5.75 Å². The maximum atomic E-state index is 11.0. The molecule has 1 aromatic carbocycles. The number of nitrogens with zero attached hydrogens (tertiary/aromatic N) is 2. The first-order chi connectivity index (χ1) is 8.70. The van der Waals surface area contributed by atoms with E-state index in [1.165, 1.54) is 19.4 Å². The number of nitrogens with one attached hydrogen (secondary N) is 1. The second kappa shape index (κ2) is 5.13. The molecule has 0 unspecified atom stereocenters. The third-order valence-corrected chi connectivity index (χ3v) is 2.31. The highest BCUT2D eigenvalue weighted by atomic mass is 16.6. The van der Waals surface area contributed by atoms with E-state index in [-0.39, 0.29) is 11.5 Å². The maximum absolute atomic E-state index is 11.0. The molecular weight excluding hydrogens is 234 g/mol. The highest BCUT2D eigenvalue weighted by Crippen LogP contribution is 2.28. The zero-order chi connectivity index (χ0) is 13.0. The molecule has 0 spiro atoms. The Balaban J connectivity index is 2.35. The number of methoxy groups -OCH3 is 1. The molecular formula is C12H11N3O3. The highest BCUT2D eigenvalue weighted by Gasteiger charge is 2.16. The number of aromatic nitrogens is 1. The lowest BCUT2D eigenvalue weighted by Crippen LogP contribution is -2.00. The molecule has 0 bridgehead atoms. The fraction of sp³-hybridized carbons (Fsp3) is 0.0833. The molecule has 1 N–H and O–H groups in total. The zero-order valence-corrected chi connectivity index (χ0v) is 9.66. The first-order valence-corrected chi connectivity index (χ1v) is 5.21. The van der Waals surface area contributed by atoms with E-state index >= 15 is 0 Å². The smallest absolute Gasteiger partial charge is 0.315 e. The molecule has 0 aliphatic rings. The van der Waals surface area contributed by atoms with Gasteiger partial charge in [-0.3, -0.25) is 10.1 Å². The number of hydrogen-bond donors (Lipinski definition) is 1. The van der Waals surface area contributed by atoms with Crippen LogP contribution < -0.4 is 10.1 Å². The van der Waals surface area contributed by atoms with Crippen molar-refractivity contribution in [2.75, 3.05) is 12.4 Å². The van der Waals surface area contributed by atoms with Crippen molar-refractivity contribution in [1.82, 2.24) is 4.98 Å². The largest absolute Gasteiger partial charge is 0.495 e. The Kier molecular flexibility index (Phi) is 3.38. The minimum atomic E-state index is -0.499. The van der Waals surface area contributed by atoms with Crippen molar-refractivity contribution in [3.8, 4) is 5.75 Å². The predicted octanol–water partition coefficient (Wildman–Crippen LogP) is 2.74. The quantitative estimate of drug-likeness (QED) is 0.662. The van der Waals surface area contributed by atoms with Crippen molar-refractivity contribution in [3.05, 3.63) is 52.7 Å². The van der Waals surface area contributed by atoms with Crippen LogP contribution in [-0.2, 0) is 0 Å². The van der Waals surface area contributed by atoms with E-state index in [9.17, 15) is 10.1 Å². The molecule has 6 heteroatoms. The van der Waals surface area contributed by atoms with Gasteiger partial charge in [-0.25, -0.2) is 4.98 Å². The molecule has 1 aromatic heterocycles. The average Bonchev–Trinajstić information content (AvgIpc) is 2.40. The van der Waals surface area contributed by atoms with Gasteiger partial charge in [0.2, 0.25) is 5.82 Å². The second-order valence-corrected chi connectivity index (χ2v) is 3.49. The molecule has 0 atom stereocenters. The van der Waals surface area contributed by atoms with Gasteiger partial charge in [0.15, 0.2) is 0 Å². The molecule has 1 heterocycles. The summed E-state index contributed by atoms with van der Waals surface area (Å²) < 4.78 is 4.92. The van der Waals surface area contributed by atoms with Gasteiger partial charge in [0, 0.05) is 5.69 Å². The van der Waals surface area contributed by atoms with Crippen LogP contribution in [0.3, 0.4) is 0 Å². The highest BCUT2D eigenvalue weighted by molar-refractivity contribution is 5.66. The fourth-order valence-electron chi connectivity index (χ4n) is 1.44. The van der Waals surface area contributed by atoms with Crippen LogP contribution in [0.1, 0.15) is 0 Å². The molecule has 0 aliphatic heterocycles. The van der Waals surface area contributed by atoms with Crippen LogP contribution in [0.2, 0.25) is 0 Å². The van der Waals surface area contributed by atoms with E-state index in [1.54, 1.807) is 12.1 Å². The van der Waals surface area contributed by atoms with Gasteiger partial charge in [-0.1, -0.05) is 18.2 Å². The Morgan fingerprint density at radius 3 is 2.67 bits per heavy atom. The lowest BCUT2D eigenvalue weighted by atomic mass is 10.3. The predicted molar refractivity (Wildman–Crippen MR) is 67.2 cm³/mol. The van der Waals surface area contributed by atoms with Crippen LogP contribution in [0, 0.1) is 10.1 Å². The molecule has 0 aliphatic carbocycles. The number of nitro groups is 1. The molecule has 0 saturated carbocycles. The van der Waals surface area contributed by atoms with Gasteiger partial charge in [0.25, 0.3) is 0 Å². The van der Waals surface area contributed by atoms with E-state index in [0.717, 1.165) is 5.69 Å².